The fraction of sp³-hybridized carbons (Fsp3) is 0.643. The summed E-state index contributed by atoms with van der Waals surface area (Å²) >= 11 is 0. The molecule has 21 heavy (non-hydrogen) atoms. The molecule has 2 heterocycles. The van der Waals surface area contributed by atoms with Crippen molar-refractivity contribution in [3.05, 3.63) is 22.2 Å². The number of nitrogens with zero attached hydrogens (tertiary/aromatic N) is 2. The molecule has 2 atom stereocenters. The smallest absolute Gasteiger partial charge is 0.311 e. The maximum absolute atomic E-state index is 11.1. The highest BCUT2D eigenvalue weighted by Gasteiger charge is 2.25. The van der Waals surface area contributed by atoms with Gasteiger partial charge in [0.05, 0.1) is 11.0 Å². The van der Waals surface area contributed by atoms with E-state index < -0.39 is 4.92 Å². The minimum absolute atomic E-state index is 0.00335. The molecule has 1 fully saturated rings. The summed E-state index contributed by atoms with van der Waals surface area (Å²) in [7, 11) is 0. The fourth-order valence-electron chi connectivity index (χ4n) is 2.35. The Morgan fingerprint density at radius 1 is 1.48 bits per heavy atom. The van der Waals surface area contributed by atoms with Gasteiger partial charge in [-0.05, 0) is 25.8 Å². The zero-order valence-electron chi connectivity index (χ0n) is 12.5. The number of nitro groups is 1. The van der Waals surface area contributed by atoms with Gasteiger partial charge >= 0.3 is 5.69 Å². The van der Waals surface area contributed by atoms with Gasteiger partial charge in [0, 0.05) is 31.7 Å². The zero-order valence-corrected chi connectivity index (χ0v) is 12.5. The first kappa shape index (κ1) is 15.5. The van der Waals surface area contributed by atoms with Crippen LogP contribution in [0.25, 0.3) is 0 Å². The molecule has 2 rings (SSSR count). The van der Waals surface area contributed by atoms with E-state index in [0.29, 0.717) is 24.1 Å². The van der Waals surface area contributed by atoms with Crippen LogP contribution in [-0.4, -0.2) is 35.7 Å². The number of pyridine rings is 1. The second-order valence-corrected chi connectivity index (χ2v) is 5.25. The average molecular weight is 294 g/mol. The molecule has 1 aromatic rings. The van der Waals surface area contributed by atoms with Crippen molar-refractivity contribution < 1.29 is 9.66 Å². The molecule has 0 saturated carbocycles. The topological polar surface area (TPSA) is 89.3 Å². The lowest BCUT2D eigenvalue weighted by atomic mass is 10.0. The molecule has 0 radical (unpaired) electrons. The Bertz CT molecular complexity index is 495. The van der Waals surface area contributed by atoms with Crippen molar-refractivity contribution in [2.75, 3.05) is 30.3 Å². The van der Waals surface area contributed by atoms with Gasteiger partial charge < -0.3 is 15.4 Å². The maximum atomic E-state index is 11.1. The normalized spacial score (nSPS) is 21.2. The minimum Gasteiger partial charge on any atom is -0.378 e. The zero-order chi connectivity index (χ0) is 15.2. The van der Waals surface area contributed by atoms with Gasteiger partial charge in [-0.25, -0.2) is 4.98 Å². The van der Waals surface area contributed by atoms with Crippen LogP contribution in [0.4, 0.5) is 17.3 Å². The molecule has 0 aromatic carbocycles. The van der Waals surface area contributed by atoms with Crippen molar-refractivity contribution >= 4 is 17.3 Å². The van der Waals surface area contributed by atoms with Crippen molar-refractivity contribution in [3.63, 3.8) is 0 Å². The number of nitrogens with one attached hydrogen (secondary N) is 2. The number of hydrogen-bond donors (Lipinski definition) is 2. The average Bonchev–Trinajstić information content (AvgIpc) is 2.88. The quantitative estimate of drug-likeness (QED) is 0.593. The lowest BCUT2D eigenvalue weighted by Gasteiger charge is -2.15. The van der Waals surface area contributed by atoms with Crippen LogP contribution in [0.15, 0.2) is 12.1 Å². The van der Waals surface area contributed by atoms with E-state index in [-0.39, 0.29) is 11.8 Å². The Hall–Kier alpha value is -1.89. The van der Waals surface area contributed by atoms with Crippen LogP contribution in [0.3, 0.4) is 0 Å². The Balaban J connectivity index is 2.08. The number of hydrogen-bond acceptors (Lipinski definition) is 6. The maximum Gasteiger partial charge on any atom is 0.311 e. The fourth-order valence-corrected chi connectivity index (χ4v) is 2.35. The Morgan fingerprint density at radius 3 is 2.90 bits per heavy atom. The molecule has 2 N–H and O–H groups in total. The van der Waals surface area contributed by atoms with Crippen LogP contribution < -0.4 is 10.6 Å². The molecule has 1 saturated heterocycles. The van der Waals surface area contributed by atoms with Crippen molar-refractivity contribution in [2.24, 2.45) is 5.92 Å². The number of ether oxygens (including phenoxy) is 1. The summed E-state index contributed by atoms with van der Waals surface area (Å²) in [5, 5.41) is 17.3. The van der Waals surface area contributed by atoms with Gasteiger partial charge in [-0.15, -0.1) is 0 Å². The van der Waals surface area contributed by atoms with Gasteiger partial charge in [-0.1, -0.05) is 6.92 Å². The van der Waals surface area contributed by atoms with Crippen LogP contribution in [0, 0.1) is 16.0 Å². The minimum atomic E-state index is -0.409. The lowest BCUT2D eigenvalue weighted by Crippen LogP contribution is -2.21. The summed E-state index contributed by atoms with van der Waals surface area (Å²) in [5.41, 5.74) is 0.00335. The molecule has 0 amide bonds. The summed E-state index contributed by atoms with van der Waals surface area (Å²) in [4.78, 5) is 15.0. The van der Waals surface area contributed by atoms with E-state index in [1.165, 1.54) is 6.07 Å². The molecule has 0 bridgehead atoms. The van der Waals surface area contributed by atoms with E-state index in [0.717, 1.165) is 26.0 Å². The molecule has 2 unspecified atom stereocenters. The van der Waals surface area contributed by atoms with Gasteiger partial charge in [0.2, 0.25) is 5.82 Å². The summed E-state index contributed by atoms with van der Waals surface area (Å²) in [5.74, 6) is 1.33. The third-order valence-electron chi connectivity index (χ3n) is 3.69. The van der Waals surface area contributed by atoms with E-state index in [9.17, 15) is 10.1 Å². The van der Waals surface area contributed by atoms with E-state index in [1.54, 1.807) is 6.07 Å². The van der Waals surface area contributed by atoms with E-state index >= 15 is 0 Å². The van der Waals surface area contributed by atoms with Crippen LogP contribution in [0.5, 0.6) is 0 Å². The van der Waals surface area contributed by atoms with Gasteiger partial charge in [0.25, 0.3) is 0 Å². The van der Waals surface area contributed by atoms with Crippen LogP contribution in [0.1, 0.15) is 26.7 Å². The highest BCUT2D eigenvalue weighted by Crippen LogP contribution is 2.26. The van der Waals surface area contributed by atoms with Crippen molar-refractivity contribution in [2.45, 2.75) is 32.8 Å². The van der Waals surface area contributed by atoms with E-state index in [1.807, 2.05) is 6.92 Å². The molecule has 7 nitrogen and oxygen atoms in total. The molecule has 1 aliphatic heterocycles. The highest BCUT2D eigenvalue weighted by molar-refractivity contribution is 5.60. The predicted molar refractivity (Wildman–Crippen MR) is 81.7 cm³/mol. The van der Waals surface area contributed by atoms with Crippen molar-refractivity contribution in [1.82, 2.24) is 4.98 Å². The number of aromatic nitrogens is 1. The third kappa shape index (κ3) is 4.04. The first-order valence-corrected chi connectivity index (χ1v) is 7.36. The monoisotopic (exact) mass is 294 g/mol. The van der Waals surface area contributed by atoms with E-state index in [4.69, 9.17) is 4.74 Å². The molecule has 0 spiro atoms. The molecular formula is C14H22N4O3. The third-order valence-corrected chi connectivity index (χ3v) is 3.69. The first-order valence-electron chi connectivity index (χ1n) is 7.36. The number of rotatable bonds is 7. The molecule has 1 aromatic heterocycles. The standard InChI is InChI=1S/C14H22N4O3/c1-3-7-15-13-5-4-12(18(19)20)14(17-13)16-9-11-6-8-21-10(11)2/h4-5,10-11H,3,6-9H2,1-2H3,(H2,15,16,17). The second-order valence-electron chi connectivity index (χ2n) is 5.25. The Labute approximate surface area is 124 Å². The van der Waals surface area contributed by atoms with Crippen molar-refractivity contribution in [1.29, 1.82) is 0 Å². The molecule has 1 aliphatic rings. The predicted octanol–water partition coefficient (Wildman–Crippen LogP) is 2.65. The second kappa shape index (κ2) is 7.21. The summed E-state index contributed by atoms with van der Waals surface area (Å²) in [6.45, 7) is 6.25. The lowest BCUT2D eigenvalue weighted by molar-refractivity contribution is -0.384. The van der Waals surface area contributed by atoms with Gasteiger partial charge in [-0.3, -0.25) is 10.1 Å². The highest BCUT2D eigenvalue weighted by atomic mass is 16.6. The van der Waals surface area contributed by atoms with Gasteiger partial charge in [0.1, 0.15) is 5.82 Å². The SMILES string of the molecule is CCCNc1ccc([N+](=O)[O-])c(NCC2CCOC2C)n1. The first-order chi connectivity index (χ1) is 10.1. The molecular weight excluding hydrogens is 272 g/mol. The van der Waals surface area contributed by atoms with Crippen molar-refractivity contribution in [3.8, 4) is 0 Å². The van der Waals surface area contributed by atoms with Gasteiger partial charge in [-0.2, -0.15) is 0 Å². The Kier molecular flexibility index (Phi) is 5.32. The van der Waals surface area contributed by atoms with Crippen LogP contribution in [-0.2, 0) is 4.74 Å². The molecule has 7 heteroatoms. The molecule has 0 aliphatic carbocycles. The van der Waals surface area contributed by atoms with E-state index in [2.05, 4.69) is 22.5 Å². The summed E-state index contributed by atoms with van der Waals surface area (Å²) in [6, 6.07) is 3.13. The summed E-state index contributed by atoms with van der Waals surface area (Å²) < 4.78 is 5.50. The largest absolute Gasteiger partial charge is 0.378 e. The molecule has 116 valence electrons. The van der Waals surface area contributed by atoms with Gasteiger partial charge in [0.15, 0.2) is 0 Å². The number of anilines is 2. The summed E-state index contributed by atoms with van der Waals surface area (Å²) in [6.07, 6.45) is 2.12. The Morgan fingerprint density at radius 2 is 2.29 bits per heavy atom. The van der Waals surface area contributed by atoms with Crippen LogP contribution >= 0.6 is 0 Å². The van der Waals surface area contributed by atoms with Crippen LogP contribution in [0.2, 0.25) is 0 Å².